The van der Waals surface area contributed by atoms with Crippen molar-refractivity contribution in [2.45, 2.75) is 38.3 Å². The van der Waals surface area contributed by atoms with Crippen LogP contribution in [-0.4, -0.2) is 34.9 Å². The third-order valence-electron chi connectivity index (χ3n) is 5.48. The van der Waals surface area contributed by atoms with Gasteiger partial charge in [-0.15, -0.1) is 21.5 Å². The quantitative estimate of drug-likeness (QED) is 0.627. The van der Waals surface area contributed by atoms with E-state index in [4.69, 9.17) is 13.9 Å². The van der Waals surface area contributed by atoms with Crippen LogP contribution in [0.5, 0.6) is 11.5 Å². The van der Waals surface area contributed by atoms with E-state index in [-0.39, 0.29) is 6.04 Å². The van der Waals surface area contributed by atoms with Crippen molar-refractivity contribution in [3.05, 3.63) is 47.2 Å². The molecule has 1 aromatic carbocycles. The minimum absolute atomic E-state index is 0.0599. The lowest BCUT2D eigenvalue weighted by molar-refractivity contribution is 0.168. The average molecular weight is 398 g/mol. The van der Waals surface area contributed by atoms with Crippen molar-refractivity contribution in [3.63, 3.8) is 0 Å². The SMILES string of the molecule is C[C@H](c1nnc(-c2cccs2)o1)N1CCC[C@@H]1c1ccc2c(c1)OCCCO2. The summed E-state index contributed by atoms with van der Waals surface area (Å²) in [5, 5.41) is 10.6. The van der Waals surface area contributed by atoms with E-state index in [1.807, 2.05) is 23.6 Å². The van der Waals surface area contributed by atoms with Crippen molar-refractivity contribution in [2.75, 3.05) is 19.8 Å². The normalized spacial score (nSPS) is 20.8. The molecule has 6 nitrogen and oxygen atoms in total. The van der Waals surface area contributed by atoms with E-state index >= 15 is 0 Å². The largest absolute Gasteiger partial charge is 0.490 e. The van der Waals surface area contributed by atoms with Gasteiger partial charge < -0.3 is 13.9 Å². The molecule has 146 valence electrons. The Labute approximate surface area is 168 Å². The summed E-state index contributed by atoms with van der Waals surface area (Å²) < 4.78 is 17.7. The first-order valence-electron chi connectivity index (χ1n) is 9.82. The zero-order valence-electron chi connectivity index (χ0n) is 15.8. The Morgan fingerprint density at radius 3 is 2.86 bits per heavy atom. The monoisotopic (exact) mass is 397 g/mol. The Hall–Kier alpha value is -2.38. The molecular formula is C21H23N3O3S. The third-order valence-corrected chi connectivity index (χ3v) is 6.34. The zero-order chi connectivity index (χ0) is 18.9. The summed E-state index contributed by atoms with van der Waals surface area (Å²) in [6, 6.07) is 10.7. The van der Waals surface area contributed by atoms with Gasteiger partial charge in [-0.1, -0.05) is 12.1 Å². The molecule has 7 heteroatoms. The first-order valence-corrected chi connectivity index (χ1v) is 10.7. The molecule has 0 saturated carbocycles. The molecule has 1 saturated heterocycles. The van der Waals surface area contributed by atoms with Crippen LogP contribution in [0.25, 0.3) is 10.8 Å². The number of likely N-dealkylation sites (tertiary alicyclic amines) is 1. The van der Waals surface area contributed by atoms with Crippen molar-refractivity contribution in [3.8, 4) is 22.3 Å². The Morgan fingerprint density at radius 2 is 2.00 bits per heavy atom. The van der Waals surface area contributed by atoms with E-state index in [1.54, 1.807) is 11.3 Å². The third kappa shape index (κ3) is 3.29. The molecule has 0 spiro atoms. The second-order valence-electron chi connectivity index (χ2n) is 7.25. The summed E-state index contributed by atoms with van der Waals surface area (Å²) in [5.41, 5.74) is 1.26. The van der Waals surface area contributed by atoms with Crippen LogP contribution >= 0.6 is 11.3 Å². The maximum atomic E-state index is 6.00. The predicted octanol–water partition coefficient (Wildman–Crippen LogP) is 4.86. The number of rotatable bonds is 4. The first kappa shape index (κ1) is 17.7. The Kier molecular flexibility index (Phi) is 4.78. The van der Waals surface area contributed by atoms with Gasteiger partial charge in [0, 0.05) is 12.5 Å². The molecule has 2 aromatic heterocycles. The van der Waals surface area contributed by atoms with E-state index in [2.05, 4.69) is 34.2 Å². The van der Waals surface area contributed by atoms with Gasteiger partial charge in [0.2, 0.25) is 5.89 Å². The van der Waals surface area contributed by atoms with Crippen LogP contribution in [0.4, 0.5) is 0 Å². The molecule has 0 unspecified atom stereocenters. The number of benzene rings is 1. The van der Waals surface area contributed by atoms with E-state index in [0.29, 0.717) is 31.0 Å². The highest BCUT2D eigenvalue weighted by molar-refractivity contribution is 7.13. The highest BCUT2D eigenvalue weighted by Crippen LogP contribution is 2.41. The summed E-state index contributed by atoms with van der Waals surface area (Å²) in [7, 11) is 0. The minimum atomic E-state index is 0.0599. The molecule has 5 rings (SSSR count). The summed E-state index contributed by atoms with van der Waals surface area (Å²) in [6.07, 6.45) is 3.17. The lowest BCUT2D eigenvalue weighted by Gasteiger charge is -2.29. The number of thiophene rings is 1. The molecule has 2 aliphatic heterocycles. The minimum Gasteiger partial charge on any atom is -0.490 e. The maximum absolute atomic E-state index is 6.00. The van der Waals surface area contributed by atoms with Gasteiger partial charge in [0.05, 0.1) is 24.1 Å². The van der Waals surface area contributed by atoms with Crippen LogP contribution in [0.3, 0.4) is 0 Å². The van der Waals surface area contributed by atoms with Gasteiger partial charge in [0.1, 0.15) is 0 Å². The van der Waals surface area contributed by atoms with Crippen molar-refractivity contribution in [2.24, 2.45) is 0 Å². The van der Waals surface area contributed by atoms with Crippen LogP contribution in [-0.2, 0) is 0 Å². The van der Waals surface area contributed by atoms with Crippen LogP contribution in [0, 0.1) is 0 Å². The highest BCUT2D eigenvalue weighted by Gasteiger charge is 2.33. The van der Waals surface area contributed by atoms with Gasteiger partial charge in [-0.2, -0.15) is 0 Å². The first-order chi connectivity index (χ1) is 13.8. The number of fused-ring (bicyclic) bond motifs is 1. The van der Waals surface area contributed by atoms with Crippen molar-refractivity contribution >= 4 is 11.3 Å². The van der Waals surface area contributed by atoms with Crippen molar-refractivity contribution in [1.29, 1.82) is 0 Å². The van der Waals surface area contributed by atoms with E-state index in [1.165, 1.54) is 5.56 Å². The second-order valence-corrected chi connectivity index (χ2v) is 8.20. The highest BCUT2D eigenvalue weighted by atomic mass is 32.1. The van der Waals surface area contributed by atoms with E-state index < -0.39 is 0 Å². The Balaban J connectivity index is 1.39. The molecule has 0 bridgehead atoms. The summed E-state index contributed by atoms with van der Waals surface area (Å²) in [5.74, 6) is 2.97. The molecule has 1 fully saturated rings. The molecular weight excluding hydrogens is 374 g/mol. The van der Waals surface area contributed by atoms with Gasteiger partial charge >= 0.3 is 0 Å². The van der Waals surface area contributed by atoms with Gasteiger partial charge in [-0.25, -0.2) is 0 Å². The summed E-state index contributed by atoms with van der Waals surface area (Å²) in [4.78, 5) is 3.46. The molecule has 0 amide bonds. The molecule has 3 aromatic rings. The van der Waals surface area contributed by atoms with Crippen molar-refractivity contribution < 1.29 is 13.9 Å². The molecule has 0 aliphatic carbocycles. The molecule has 0 radical (unpaired) electrons. The van der Waals surface area contributed by atoms with Crippen molar-refractivity contribution in [1.82, 2.24) is 15.1 Å². The number of hydrogen-bond acceptors (Lipinski definition) is 7. The average Bonchev–Trinajstić information content (AvgIpc) is 3.46. The van der Waals surface area contributed by atoms with Crippen LogP contribution in [0.2, 0.25) is 0 Å². The number of nitrogens with zero attached hydrogens (tertiary/aromatic N) is 3. The lowest BCUT2D eigenvalue weighted by Crippen LogP contribution is -2.27. The van der Waals surface area contributed by atoms with Gasteiger partial charge in [-0.05, 0) is 55.5 Å². The fourth-order valence-electron chi connectivity index (χ4n) is 4.04. The van der Waals surface area contributed by atoms with E-state index in [0.717, 1.165) is 42.2 Å². The molecule has 28 heavy (non-hydrogen) atoms. The molecule has 2 atom stereocenters. The molecule has 4 heterocycles. The predicted molar refractivity (Wildman–Crippen MR) is 107 cm³/mol. The van der Waals surface area contributed by atoms with Gasteiger partial charge in [0.25, 0.3) is 5.89 Å². The van der Waals surface area contributed by atoms with Gasteiger partial charge in [-0.3, -0.25) is 4.90 Å². The summed E-state index contributed by atoms with van der Waals surface area (Å²) >= 11 is 1.61. The Morgan fingerprint density at radius 1 is 1.11 bits per heavy atom. The van der Waals surface area contributed by atoms with Crippen LogP contribution in [0.1, 0.15) is 49.7 Å². The Bertz CT molecular complexity index is 940. The van der Waals surface area contributed by atoms with E-state index in [9.17, 15) is 0 Å². The number of hydrogen-bond donors (Lipinski definition) is 0. The van der Waals surface area contributed by atoms with Crippen LogP contribution < -0.4 is 9.47 Å². The maximum Gasteiger partial charge on any atom is 0.257 e. The fraction of sp³-hybridized carbons (Fsp3) is 0.429. The number of ether oxygens (including phenoxy) is 2. The number of aromatic nitrogens is 2. The summed E-state index contributed by atoms with van der Waals surface area (Å²) in [6.45, 7) is 4.57. The standard InChI is InChI=1S/C21H23N3O3S/c1-14(20-22-23-21(27-20)19-6-3-12-28-19)24-9-2-5-16(24)15-7-8-17-18(13-15)26-11-4-10-25-17/h3,6-8,12-14,16H,2,4-5,9-11H2,1H3/t14-,16-/m1/s1. The molecule has 0 N–H and O–H groups in total. The van der Waals surface area contributed by atoms with Crippen LogP contribution in [0.15, 0.2) is 40.1 Å². The second kappa shape index (κ2) is 7.56. The zero-order valence-corrected chi connectivity index (χ0v) is 16.7. The smallest absolute Gasteiger partial charge is 0.257 e. The lowest BCUT2D eigenvalue weighted by atomic mass is 10.0. The fourth-order valence-corrected chi connectivity index (χ4v) is 4.69. The topological polar surface area (TPSA) is 60.6 Å². The van der Waals surface area contributed by atoms with Gasteiger partial charge in [0.15, 0.2) is 11.5 Å². The molecule has 2 aliphatic rings.